The van der Waals surface area contributed by atoms with Gasteiger partial charge < -0.3 is 28.9 Å². The molecule has 0 bridgehead atoms. The van der Waals surface area contributed by atoms with Gasteiger partial charge in [0.05, 0.1) is 10.9 Å². The van der Waals surface area contributed by atoms with E-state index in [1.165, 1.54) is 6.42 Å². The summed E-state index contributed by atoms with van der Waals surface area (Å²) in [6, 6.07) is 10.5. The molecule has 55 heavy (non-hydrogen) atoms. The molecule has 2 saturated heterocycles. The van der Waals surface area contributed by atoms with E-state index >= 15 is 4.39 Å². The summed E-state index contributed by atoms with van der Waals surface area (Å²) in [7, 11) is 3.95. The molecule has 1 N–H and O–H groups in total. The maximum Gasteiger partial charge on any atom is 0.319 e. The van der Waals surface area contributed by atoms with Gasteiger partial charge in [-0.25, -0.2) is 4.39 Å². The summed E-state index contributed by atoms with van der Waals surface area (Å²) in [5.74, 6) is 0.599. The fourth-order valence-corrected chi connectivity index (χ4v) is 9.76. The number of aromatic nitrogens is 3. The summed E-state index contributed by atoms with van der Waals surface area (Å²) in [6.07, 6.45) is 10.1. The summed E-state index contributed by atoms with van der Waals surface area (Å²) < 4.78 is 41.7. The van der Waals surface area contributed by atoms with Crippen molar-refractivity contribution in [3.8, 4) is 23.0 Å². The Morgan fingerprint density at radius 2 is 1.85 bits per heavy atom. The molecule has 2 atom stereocenters. The van der Waals surface area contributed by atoms with Gasteiger partial charge in [-0.05, 0) is 119 Å². The van der Waals surface area contributed by atoms with Gasteiger partial charge in [0, 0.05) is 43.6 Å². The molecular formula is C43H61FN6O4Si. The second kappa shape index (κ2) is 15.5. The molecule has 4 heterocycles. The maximum absolute atomic E-state index is 17.3. The molecule has 2 aromatic heterocycles. The number of benzene rings is 2. The number of nitrogens with zero attached hydrogens (tertiary/aromatic N) is 5. The van der Waals surface area contributed by atoms with Crippen LogP contribution in [0, 0.1) is 5.82 Å². The molecule has 7 rings (SSSR count). The van der Waals surface area contributed by atoms with Gasteiger partial charge in [-0.1, -0.05) is 45.9 Å². The van der Waals surface area contributed by atoms with Crippen LogP contribution in [0.15, 0.2) is 36.5 Å². The van der Waals surface area contributed by atoms with Crippen molar-refractivity contribution >= 4 is 35.8 Å². The number of likely N-dealkylation sites (N-methyl/N-ethyl adjacent to an activating group) is 1. The summed E-state index contributed by atoms with van der Waals surface area (Å²) in [5, 5.41) is 6.18. The largest absolute Gasteiger partial charge is 0.468 e. The van der Waals surface area contributed by atoms with Crippen LogP contribution in [0.2, 0.25) is 18.1 Å². The average Bonchev–Trinajstić information content (AvgIpc) is 3.70. The second-order valence-electron chi connectivity index (χ2n) is 17.8. The fraction of sp³-hybridized carbons (Fsp3) is 0.605. The quantitative estimate of drug-likeness (QED) is 0.0934. The number of ether oxygens (including phenoxy) is 3. The SMILES string of the molecule is CCc1cccc2cc(OCOC)cc(-c3ncc4c(NCC5(N(C)C)CCC5)nc(OC[C@]56CCCN5[C@@H](CO[Si](C)(C)C(C)(C)C)CC6)nc4c3F)c12. The monoisotopic (exact) mass is 772 g/mol. The third-order valence-corrected chi connectivity index (χ3v) is 17.9. The first kappa shape index (κ1) is 39.8. The topological polar surface area (TPSA) is 94.1 Å². The highest BCUT2D eigenvalue weighted by atomic mass is 28.4. The van der Waals surface area contributed by atoms with E-state index in [-0.39, 0.29) is 40.1 Å². The van der Waals surface area contributed by atoms with E-state index in [4.69, 9.17) is 33.6 Å². The zero-order valence-electron chi connectivity index (χ0n) is 34.5. The lowest BCUT2D eigenvalue weighted by molar-refractivity contribution is 0.0512. The van der Waals surface area contributed by atoms with Gasteiger partial charge in [0.25, 0.3) is 0 Å². The Balaban J connectivity index is 1.25. The molecule has 3 aliphatic rings. The zero-order valence-corrected chi connectivity index (χ0v) is 35.5. The molecular weight excluding hydrogens is 712 g/mol. The summed E-state index contributed by atoms with van der Waals surface area (Å²) >= 11 is 0. The van der Waals surface area contributed by atoms with Crippen LogP contribution in [0.4, 0.5) is 10.2 Å². The number of fused-ring (bicyclic) bond motifs is 3. The van der Waals surface area contributed by atoms with Gasteiger partial charge in [-0.3, -0.25) is 9.88 Å². The van der Waals surface area contributed by atoms with E-state index in [0.29, 0.717) is 41.7 Å². The van der Waals surface area contributed by atoms with Gasteiger partial charge in [0.1, 0.15) is 29.4 Å². The number of hydrogen-bond acceptors (Lipinski definition) is 10. The Hall–Kier alpha value is -3.42. The highest BCUT2D eigenvalue weighted by Crippen LogP contribution is 2.45. The summed E-state index contributed by atoms with van der Waals surface area (Å²) in [6.45, 7) is 16.6. The highest BCUT2D eigenvalue weighted by molar-refractivity contribution is 6.74. The lowest BCUT2D eigenvalue weighted by Crippen LogP contribution is -2.54. The molecule has 1 saturated carbocycles. The average molecular weight is 773 g/mol. The molecule has 2 aromatic carbocycles. The summed E-state index contributed by atoms with van der Waals surface area (Å²) in [4.78, 5) is 19.5. The molecule has 1 aliphatic carbocycles. The third-order valence-electron chi connectivity index (χ3n) is 13.4. The van der Waals surface area contributed by atoms with Crippen molar-refractivity contribution in [2.24, 2.45) is 0 Å². The Labute approximate surface area is 327 Å². The molecule has 10 nitrogen and oxygen atoms in total. The van der Waals surface area contributed by atoms with Crippen LogP contribution in [-0.2, 0) is 15.6 Å². The number of rotatable bonds is 15. The van der Waals surface area contributed by atoms with Crippen molar-refractivity contribution in [2.75, 3.05) is 59.6 Å². The molecule has 3 fully saturated rings. The van der Waals surface area contributed by atoms with Gasteiger partial charge in [0.15, 0.2) is 20.9 Å². The number of halogens is 1. The Kier molecular flexibility index (Phi) is 11.2. The van der Waals surface area contributed by atoms with Crippen molar-refractivity contribution in [1.29, 1.82) is 0 Å². The predicted octanol–water partition coefficient (Wildman–Crippen LogP) is 8.82. The lowest BCUT2D eigenvalue weighted by atomic mass is 9.75. The minimum Gasteiger partial charge on any atom is -0.468 e. The number of aryl methyl sites for hydroxylation is 1. The van der Waals surface area contributed by atoms with Gasteiger partial charge in [-0.2, -0.15) is 9.97 Å². The van der Waals surface area contributed by atoms with E-state index in [9.17, 15) is 0 Å². The Morgan fingerprint density at radius 1 is 1.05 bits per heavy atom. The minimum atomic E-state index is -1.88. The van der Waals surface area contributed by atoms with Crippen molar-refractivity contribution in [1.82, 2.24) is 24.8 Å². The molecule has 0 unspecified atom stereocenters. The van der Waals surface area contributed by atoms with Crippen LogP contribution in [0.5, 0.6) is 11.8 Å². The highest BCUT2D eigenvalue weighted by Gasteiger charge is 2.51. The molecule has 298 valence electrons. The zero-order chi connectivity index (χ0) is 39.2. The standard InChI is InChI=1S/C43H61FN6O4Si/c1-10-29-14-11-15-30-22-32(53-28-51-7)23-33(35(29)30)37-36(44)38-34(24-45-37)39(46-26-42(49(5)6)17-12-18-42)48-40(47-38)52-27-43-19-13-21-50(43)31(16-20-43)25-54-55(8,9)41(2,3)4/h11,14-15,22-24,31H,10,12-13,16-21,25-28H2,1-9H3,(H,46,47,48)/t31-,43-/m1/s1. The van der Waals surface area contributed by atoms with Gasteiger partial charge >= 0.3 is 6.01 Å². The third kappa shape index (κ3) is 7.57. The first-order chi connectivity index (χ1) is 26.2. The number of nitrogens with one attached hydrogen (secondary N) is 1. The Morgan fingerprint density at radius 3 is 2.55 bits per heavy atom. The van der Waals surface area contributed by atoms with E-state index in [2.05, 4.69) is 76.1 Å². The van der Waals surface area contributed by atoms with Crippen molar-refractivity contribution < 1.29 is 23.0 Å². The van der Waals surface area contributed by atoms with Crippen LogP contribution in [0.1, 0.15) is 78.2 Å². The van der Waals surface area contributed by atoms with Crippen LogP contribution in [0.25, 0.3) is 32.9 Å². The van der Waals surface area contributed by atoms with Crippen LogP contribution >= 0.6 is 0 Å². The first-order valence-electron chi connectivity index (χ1n) is 20.2. The van der Waals surface area contributed by atoms with Crippen molar-refractivity contribution in [3.63, 3.8) is 0 Å². The second-order valence-corrected chi connectivity index (χ2v) is 22.6. The van der Waals surface area contributed by atoms with Crippen molar-refractivity contribution in [3.05, 3.63) is 47.9 Å². The molecule has 0 radical (unpaired) electrons. The molecule has 12 heteroatoms. The number of methoxy groups -OCH3 is 1. The van der Waals surface area contributed by atoms with Gasteiger partial charge in [-0.15, -0.1) is 0 Å². The van der Waals surface area contributed by atoms with Crippen LogP contribution in [-0.4, -0.2) is 104 Å². The minimum absolute atomic E-state index is 0.0109. The van der Waals surface area contributed by atoms with Gasteiger partial charge in [0.2, 0.25) is 0 Å². The molecule has 4 aromatic rings. The summed E-state index contributed by atoms with van der Waals surface area (Å²) in [5.41, 5.74) is 2.03. The molecule has 0 amide bonds. The smallest absolute Gasteiger partial charge is 0.319 e. The van der Waals surface area contributed by atoms with E-state index in [0.717, 1.165) is 74.4 Å². The molecule has 0 spiro atoms. The number of anilines is 1. The van der Waals surface area contributed by atoms with E-state index < -0.39 is 14.1 Å². The molecule has 2 aliphatic heterocycles. The van der Waals surface area contributed by atoms with Crippen molar-refractivity contribution in [2.45, 2.75) is 114 Å². The Bertz CT molecular complexity index is 2020. The van der Waals surface area contributed by atoms with E-state index in [1.54, 1.807) is 13.3 Å². The normalized spacial score (nSPS) is 21.3. The number of pyridine rings is 1. The van der Waals surface area contributed by atoms with E-state index in [1.807, 2.05) is 24.3 Å². The first-order valence-corrected chi connectivity index (χ1v) is 23.1. The van der Waals surface area contributed by atoms with Crippen LogP contribution in [0.3, 0.4) is 0 Å². The van der Waals surface area contributed by atoms with Crippen LogP contribution < -0.4 is 14.8 Å². The maximum atomic E-state index is 17.3. The fourth-order valence-electron chi connectivity index (χ4n) is 8.72. The lowest BCUT2D eigenvalue weighted by Gasteiger charge is -2.47. The predicted molar refractivity (Wildman–Crippen MR) is 221 cm³/mol. The number of hydrogen-bond donors (Lipinski definition) is 1.